The molecule has 1 saturated carbocycles. The van der Waals surface area contributed by atoms with Gasteiger partial charge >= 0.3 is 5.97 Å². The second-order valence-corrected chi connectivity index (χ2v) is 8.31. The molecule has 2 heterocycles. The number of anilines is 3. The Balaban J connectivity index is 1.32. The molecule has 0 spiro atoms. The van der Waals surface area contributed by atoms with Crippen LogP contribution in [0.3, 0.4) is 0 Å². The van der Waals surface area contributed by atoms with E-state index in [0.29, 0.717) is 0 Å². The Bertz CT molecular complexity index is 1030. The summed E-state index contributed by atoms with van der Waals surface area (Å²) in [6.45, 7) is 1.89. The third-order valence-corrected chi connectivity index (χ3v) is 6.18. The summed E-state index contributed by atoms with van der Waals surface area (Å²) in [5.41, 5.74) is 7.74. The number of carbonyl (C=O) groups excluding carboxylic acids is 3. The Labute approximate surface area is 191 Å². The van der Waals surface area contributed by atoms with Crippen LogP contribution in [0, 0.1) is 11.8 Å². The standard InChI is InChI=1S/C23H28N6O4/c1-2-14-7-3-6-10-17(14)25-23-27-18(26-22(24)28-23)13-33-19(30)11-12-29-20(31)15-8-4-5-9-16(15)21(29)32/h3,6-7,10,15-16H,2,4-5,8-9,11-13H2,1H3,(H3,24,25,26,27,28)/t15-,16-/m1/s1. The molecule has 2 fully saturated rings. The number of hydrogen-bond donors (Lipinski definition) is 2. The van der Waals surface area contributed by atoms with Crippen molar-refractivity contribution in [1.82, 2.24) is 19.9 Å². The van der Waals surface area contributed by atoms with Crippen LogP contribution in [0.2, 0.25) is 0 Å². The first-order valence-electron chi connectivity index (χ1n) is 11.3. The van der Waals surface area contributed by atoms with Gasteiger partial charge in [0.1, 0.15) is 0 Å². The first-order valence-corrected chi connectivity index (χ1v) is 11.3. The third kappa shape index (κ3) is 5.10. The molecule has 4 rings (SSSR count). The van der Waals surface area contributed by atoms with E-state index in [9.17, 15) is 14.4 Å². The second kappa shape index (κ2) is 9.93. The highest BCUT2D eigenvalue weighted by Gasteiger charge is 2.47. The predicted octanol–water partition coefficient (Wildman–Crippen LogP) is 2.37. The van der Waals surface area contributed by atoms with E-state index in [1.54, 1.807) is 0 Å². The van der Waals surface area contributed by atoms with Crippen molar-refractivity contribution in [3.8, 4) is 0 Å². The van der Waals surface area contributed by atoms with E-state index in [0.717, 1.165) is 43.4 Å². The summed E-state index contributed by atoms with van der Waals surface area (Å²) in [6, 6.07) is 7.77. The molecule has 1 saturated heterocycles. The zero-order chi connectivity index (χ0) is 23.4. The highest BCUT2D eigenvalue weighted by Crippen LogP contribution is 2.38. The van der Waals surface area contributed by atoms with Crippen LogP contribution < -0.4 is 11.1 Å². The van der Waals surface area contributed by atoms with Gasteiger partial charge in [-0.15, -0.1) is 0 Å². The van der Waals surface area contributed by atoms with Gasteiger partial charge in [-0.25, -0.2) is 0 Å². The van der Waals surface area contributed by atoms with Crippen LogP contribution in [-0.4, -0.2) is 44.2 Å². The molecule has 2 aliphatic rings. The van der Waals surface area contributed by atoms with Gasteiger partial charge in [-0.3, -0.25) is 19.3 Å². The van der Waals surface area contributed by atoms with Crippen LogP contribution in [0.4, 0.5) is 17.6 Å². The lowest BCUT2D eigenvalue weighted by Gasteiger charge is -2.19. The van der Waals surface area contributed by atoms with Crippen molar-refractivity contribution in [2.24, 2.45) is 11.8 Å². The van der Waals surface area contributed by atoms with Crippen LogP contribution in [-0.2, 0) is 32.1 Å². The number of amides is 2. The topological polar surface area (TPSA) is 140 Å². The maximum absolute atomic E-state index is 12.5. The first kappa shape index (κ1) is 22.6. The number of fused-ring (bicyclic) bond motifs is 1. The fourth-order valence-corrected chi connectivity index (χ4v) is 4.50. The molecule has 1 aromatic heterocycles. The number of aryl methyl sites for hydroxylation is 1. The number of carbonyl (C=O) groups is 3. The van der Waals surface area contributed by atoms with Crippen molar-refractivity contribution in [2.45, 2.75) is 52.1 Å². The Morgan fingerprint density at radius 3 is 2.52 bits per heavy atom. The molecule has 1 aromatic carbocycles. The Hall–Kier alpha value is -3.56. The number of esters is 1. The minimum Gasteiger partial charge on any atom is -0.457 e. The van der Waals surface area contributed by atoms with Gasteiger partial charge in [0.25, 0.3) is 0 Å². The number of nitrogen functional groups attached to an aromatic ring is 1. The van der Waals surface area contributed by atoms with Crippen molar-refractivity contribution >= 4 is 35.4 Å². The summed E-state index contributed by atoms with van der Waals surface area (Å²) < 4.78 is 5.26. The first-order chi connectivity index (χ1) is 16.0. The molecular weight excluding hydrogens is 424 g/mol. The maximum Gasteiger partial charge on any atom is 0.308 e. The number of likely N-dealkylation sites (tertiary alicyclic amines) is 1. The number of ether oxygens (including phenoxy) is 1. The van der Waals surface area contributed by atoms with Gasteiger partial charge in [-0.2, -0.15) is 15.0 Å². The van der Waals surface area contributed by atoms with E-state index >= 15 is 0 Å². The smallest absolute Gasteiger partial charge is 0.308 e. The number of para-hydroxylation sites is 1. The third-order valence-electron chi connectivity index (χ3n) is 6.18. The average molecular weight is 453 g/mol. The maximum atomic E-state index is 12.5. The minimum atomic E-state index is -0.546. The second-order valence-electron chi connectivity index (χ2n) is 8.31. The zero-order valence-electron chi connectivity index (χ0n) is 18.6. The monoisotopic (exact) mass is 452 g/mol. The summed E-state index contributed by atoms with van der Waals surface area (Å²) in [5.74, 6) is -0.856. The quantitative estimate of drug-likeness (QED) is 0.456. The van der Waals surface area contributed by atoms with Gasteiger partial charge < -0.3 is 15.8 Å². The van der Waals surface area contributed by atoms with E-state index < -0.39 is 5.97 Å². The van der Waals surface area contributed by atoms with Crippen molar-refractivity contribution in [2.75, 3.05) is 17.6 Å². The van der Waals surface area contributed by atoms with Crippen LogP contribution in [0.1, 0.15) is 50.4 Å². The summed E-state index contributed by atoms with van der Waals surface area (Å²) in [4.78, 5) is 50.9. The molecule has 0 unspecified atom stereocenters. The molecule has 1 aliphatic heterocycles. The summed E-state index contributed by atoms with van der Waals surface area (Å²) in [5, 5.41) is 3.12. The number of hydrogen-bond acceptors (Lipinski definition) is 9. The van der Waals surface area contributed by atoms with Crippen LogP contribution in [0.5, 0.6) is 0 Å². The molecule has 10 nitrogen and oxygen atoms in total. The lowest BCUT2D eigenvalue weighted by Crippen LogP contribution is -2.33. The van der Waals surface area contributed by atoms with Crippen molar-refractivity contribution in [1.29, 1.82) is 0 Å². The number of rotatable bonds is 8. The van der Waals surface area contributed by atoms with Gasteiger partial charge in [0.05, 0.1) is 18.3 Å². The fourth-order valence-electron chi connectivity index (χ4n) is 4.50. The van der Waals surface area contributed by atoms with Gasteiger partial charge in [-0.1, -0.05) is 38.0 Å². The van der Waals surface area contributed by atoms with Crippen LogP contribution in [0.15, 0.2) is 24.3 Å². The minimum absolute atomic E-state index is 0.00314. The Kier molecular flexibility index (Phi) is 6.81. The number of nitrogens with one attached hydrogen (secondary N) is 1. The molecule has 0 bridgehead atoms. The van der Waals surface area contributed by atoms with E-state index in [4.69, 9.17) is 10.5 Å². The Morgan fingerprint density at radius 1 is 1.12 bits per heavy atom. The van der Waals surface area contributed by atoms with Crippen molar-refractivity contribution in [3.63, 3.8) is 0 Å². The molecule has 174 valence electrons. The molecular formula is C23H28N6O4. The van der Waals surface area contributed by atoms with Crippen LogP contribution in [0.25, 0.3) is 0 Å². The normalized spacial score (nSPS) is 20.0. The van der Waals surface area contributed by atoms with E-state index in [1.807, 2.05) is 31.2 Å². The largest absolute Gasteiger partial charge is 0.457 e. The van der Waals surface area contributed by atoms with Gasteiger partial charge in [0.2, 0.25) is 23.7 Å². The molecule has 3 N–H and O–H groups in total. The number of aromatic nitrogens is 3. The van der Waals surface area contributed by atoms with Gasteiger partial charge in [-0.05, 0) is 30.9 Å². The lowest BCUT2D eigenvalue weighted by atomic mass is 9.81. The fraction of sp³-hybridized carbons (Fsp3) is 0.478. The highest BCUT2D eigenvalue weighted by atomic mass is 16.5. The molecule has 1 aliphatic carbocycles. The molecule has 0 radical (unpaired) electrons. The SMILES string of the molecule is CCc1ccccc1Nc1nc(N)nc(COC(=O)CCN2C(=O)[C@@H]3CCCC[C@H]3C2=O)n1. The molecule has 33 heavy (non-hydrogen) atoms. The zero-order valence-corrected chi connectivity index (χ0v) is 18.6. The number of nitrogens with two attached hydrogens (primary N) is 1. The number of imide groups is 1. The highest BCUT2D eigenvalue weighted by molar-refractivity contribution is 6.05. The van der Waals surface area contributed by atoms with Crippen molar-refractivity contribution < 1.29 is 19.1 Å². The summed E-state index contributed by atoms with van der Waals surface area (Å²) in [6.07, 6.45) is 4.17. The van der Waals surface area contributed by atoms with Crippen LogP contribution >= 0.6 is 0 Å². The lowest BCUT2D eigenvalue weighted by molar-refractivity contribution is -0.147. The van der Waals surface area contributed by atoms with Gasteiger partial charge in [0, 0.05) is 12.2 Å². The average Bonchev–Trinajstić information content (AvgIpc) is 3.06. The van der Waals surface area contributed by atoms with Gasteiger partial charge in [0.15, 0.2) is 12.4 Å². The summed E-state index contributed by atoms with van der Waals surface area (Å²) >= 11 is 0. The molecule has 2 atom stereocenters. The number of benzene rings is 1. The number of nitrogens with zero attached hydrogens (tertiary/aromatic N) is 4. The predicted molar refractivity (Wildman–Crippen MR) is 120 cm³/mol. The van der Waals surface area contributed by atoms with E-state index in [-0.39, 0.29) is 60.9 Å². The summed E-state index contributed by atoms with van der Waals surface area (Å²) in [7, 11) is 0. The molecule has 10 heteroatoms. The molecule has 2 aromatic rings. The van der Waals surface area contributed by atoms with E-state index in [2.05, 4.69) is 20.3 Å². The molecule has 2 amide bonds. The van der Waals surface area contributed by atoms with E-state index in [1.165, 1.54) is 4.90 Å². The van der Waals surface area contributed by atoms with Crippen molar-refractivity contribution in [3.05, 3.63) is 35.7 Å². The Morgan fingerprint density at radius 2 is 1.82 bits per heavy atom.